The highest BCUT2D eigenvalue weighted by Crippen LogP contribution is 2.15. The first-order valence-electron chi connectivity index (χ1n) is 8.12. The monoisotopic (exact) mass is 373 g/mol. The number of benzene rings is 2. The molecular weight excluding hydrogens is 350 g/mol. The van der Waals surface area contributed by atoms with E-state index in [4.69, 9.17) is 0 Å². The predicted octanol–water partition coefficient (Wildman–Crippen LogP) is 1.74. The fourth-order valence-corrected chi connectivity index (χ4v) is 8.84. The zero-order chi connectivity index (χ0) is 18.3. The molecule has 6 heteroatoms. The standard InChI is InChI=1S/C19H23NO3SSi/c1-15(21)20-18(19(22)23)13-24-14-25(2,16-9-5-3-6-10-16)17-11-7-4-8-12-17/h3-12,18H,13-14H2,1-2H3,(H,20,21)(H,22,23). The van der Waals surface area contributed by atoms with Gasteiger partial charge in [-0.15, -0.1) is 0 Å². The van der Waals surface area contributed by atoms with E-state index in [1.807, 2.05) is 36.4 Å². The van der Waals surface area contributed by atoms with Crippen LogP contribution < -0.4 is 15.7 Å². The van der Waals surface area contributed by atoms with E-state index in [9.17, 15) is 14.7 Å². The molecule has 1 unspecified atom stereocenters. The van der Waals surface area contributed by atoms with Crippen LogP contribution in [0, 0.1) is 0 Å². The summed E-state index contributed by atoms with van der Waals surface area (Å²) in [5.41, 5.74) is 0. The Kier molecular flexibility index (Phi) is 6.84. The molecular formula is C19H23NO3SSi. The third-order valence-corrected chi connectivity index (χ3v) is 11.1. The fraction of sp³-hybridized carbons (Fsp3) is 0.263. The Morgan fingerprint density at radius 2 is 1.52 bits per heavy atom. The Labute approximate surface area is 153 Å². The molecule has 0 spiro atoms. The molecule has 0 radical (unpaired) electrons. The summed E-state index contributed by atoms with van der Waals surface area (Å²) >= 11 is 1.59. The van der Waals surface area contributed by atoms with Crippen LogP contribution in [0.15, 0.2) is 60.7 Å². The van der Waals surface area contributed by atoms with Crippen LogP contribution in [0.1, 0.15) is 6.92 Å². The van der Waals surface area contributed by atoms with Crippen molar-refractivity contribution >= 4 is 42.1 Å². The highest BCUT2D eigenvalue weighted by atomic mass is 32.2. The zero-order valence-electron chi connectivity index (χ0n) is 14.4. The molecule has 2 aromatic carbocycles. The van der Waals surface area contributed by atoms with Crippen molar-refractivity contribution in [1.82, 2.24) is 5.32 Å². The number of nitrogens with one attached hydrogen (secondary N) is 1. The van der Waals surface area contributed by atoms with Gasteiger partial charge in [-0.05, 0) is 5.38 Å². The molecule has 0 aromatic heterocycles. The van der Waals surface area contributed by atoms with E-state index in [-0.39, 0.29) is 5.91 Å². The minimum atomic E-state index is -1.99. The molecule has 2 aromatic rings. The van der Waals surface area contributed by atoms with Gasteiger partial charge in [0.05, 0.1) is 0 Å². The summed E-state index contributed by atoms with van der Waals surface area (Å²) in [5, 5.41) is 15.3. The zero-order valence-corrected chi connectivity index (χ0v) is 16.3. The first-order chi connectivity index (χ1) is 11.9. The van der Waals surface area contributed by atoms with Crippen molar-refractivity contribution in [1.29, 1.82) is 0 Å². The highest BCUT2D eigenvalue weighted by molar-refractivity contribution is 8.01. The lowest BCUT2D eigenvalue weighted by molar-refractivity contribution is -0.140. The Bertz CT molecular complexity index is 670. The Morgan fingerprint density at radius 3 is 1.92 bits per heavy atom. The van der Waals surface area contributed by atoms with Gasteiger partial charge in [0, 0.05) is 12.7 Å². The van der Waals surface area contributed by atoms with Gasteiger partial charge in [0.25, 0.3) is 0 Å². The van der Waals surface area contributed by atoms with Crippen LogP contribution >= 0.6 is 11.8 Å². The summed E-state index contributed by atoms with van der Waals surface area (Å²) in [6.45, 7) is 3.65. The summed E-state index contributed by atoms with van der Waals surface area (Å²) < 4.78 is 0. The molecule has 0 heterocycles. The van der Waals surface area contributed by atoms with Crippen LogP contribution in [-0.2, 0) is 9.59 Å². The average Bonchev–Trinajstić information content (AvgIpc) is 2.61. The molecule has 1 atom stereocenters. The number of aliphatic carboxylic acids is 1. The van der Waals surface area contributed by atoms with E-state index in [1.165, 1.54) is 17.3 Å². The second kappa shape index (κ2) is 8.87. The largest absolute Gasteiger partial charge is 0.480 e. The van der Waals surface area contributed by atoms with E-state index in [0.717, 1.165) is 5.38 Å². The quantitative estimate of drug-likeness (QED) is 0.692. The smallest absolute Gasteiger partial charge is 0.327 e. The lowest BCUT2D eigenvalue weighted by atomic mass is 10.3. The van der Waals surface area contributed by atoms with E-state index in [1.54, 1.807) is 11.8 Å². The molecule has 0 aliphatic rings. The van der Waals surface area contributed by atoms with Gasteiger partial charge in [0.15, 0.2) is 0 Å². The van der Waals surface area contributed by atoms with E-state index in [0.29, 0.717) is 5.75 Å². The Morgan fingerprint density at radius 1 is 1.04 bits per heavy atom. The van der Waals surface area contributed by atoms with Crippen molar-refractivity contribution in [3.8, 4) is 0 Å². The molecule has 25 heavy (non-hydrogen) atoms. The number of hydrogen-bond acceptors (Lipinski definition) is 3. The van der Waals surface area contributed by atoms with Crippen molar-refractivity contribution in [2.45, 2.75) is 19.5 Å². The molecule has 0 aliphatic carbocycles. The summed E-state index contributed by atoms with van der Waals surface area (Å²) in [5.74, 6) is -0.957. The van der Waals surface area contributed by atoms with Crippen molar-refractivity contribution in [3.63, 3.8) is 0 Å². The molecule has 2 rings (SSSR count). The third kappa shape index (κ3) is 5.21. The molecule has 2 N–H and O–H groups in total. The lowest BCUT2D eigenvalue weighted by Gasteiger charge is -2.29. The first-order valence-corrected chi connectivity index (χ1v) is 12.0. The Balaban J connectivity index is 2.18. The van der Waals surface area contributed by atoms with Gasteiger partial charge in [0.2, 0.25) is 5.91 Å². The predicted molar refractivity (Wildman–Crippen MR) is 106 cm³/mol. The minimum Gasteiger partial charge on any atom is -0.480 e. The van der Waals surface area contributed by atoms with Crippen molar-refractivity contribution in [2.24, 2.45) is 0 Å². The van der Waals surface area contributed by atoms with Crippen LogP contribution in [-0.4, -0.2) is 42.2 Å². The minimum absolute atomic E-state index is 0.320. The number of amides is 1. The first kappa shape index (κ1) is 19.3. The third-order valence-electron chi connectivity index (χ3n) is 4.17. The topological polar surface area (TPSA) is 66.4 Å². The van der Waals surface area contributed by atoms with Crippen LogP contribution in [0.2, 0.25) is 6.55 Å². The Hall–Kier alpha value is -2.05. The van der Waals surface area contributed by atoms with Crippen LogP contribution in [0.5, 0.6) is 0 Å². The number of carboxylic acids is 1. The molecule has 0 bridgehead atoms. The van der Waals surface area contributed by atoms with Crippen LogP contribution in [0.25, 0.3) is 0 Å². The number of rotatable bonds is 8. The van der Waals surface area contributed by atoms with Gasteiger partial charge in [-0.3, -0.25) is 4.79 Å². The van der Waals surface area contributed by atoms with Gasteiger partial charge in [-0.1, -0.05) is 77.6 Å². The second-order valence-electron chi connectivity index (χ2n) is 6.17. The van der Waals surface area contributed by atoms with E-state index >= 15 is 0 Å². The maximum Gasteiger partial charge on any atom is 0.327 e. The summed E-state index contributed by atoms with van der Waals surface area (Å²) in [7, 11) is -1.99. The van der Waals surface area contributed by atoms with E-state index < -0.39 is 20.1 Å². The maximum absolute atomic E-state index is 11.3. The molecule has 4 nitrogen and oxygen atoms in total. The van der Waals surface area contributed by atoms with Crippen molar-refractivity contribution in [3.05, 3.63) is 60.7 Å². The molecule has 0 saturated heterocycles. The van der Waals surface area contributed by atoms with Gasteiger partial charge in [-0.25, -0.2) is 4.79 Å². The molecule has 0 fully saturated rings. The normalized spacial score (nSPS) is 12.4. The van der Waals surface area contributed by atoms with Crippen molar-refractivity contribution < 1.29 is 14.7 Å². The van der Waals surface area contributed by atoms with Crippen LogP contribution in [0.3, 0.4) is 0 Å². The molecule has 0 saturated carbocycles. The molecule has 1 amide bonds. The highest BCUT2D eigenvalue weighted by Gasteiger charge is 2.32. The van der Waals surface area contributed by atoms with Gasteiger partial charge in [-0.2, -0.15) is 11.8 Å². The van der Waals surface area contributed by atoms with Gasteiger partial charge in [0.1, 0.15) is 14.1 Å². The van der Waals surface area contributed by atoms with Crippen LogP contribution in [0.4, 0.5) is 0 Å². The number of carboxylic acid groups (broad SMARTS) is 1. The SMILES string of the molecule is CC(=O)NC(CSC[Si](C)(c1ccccc1)c1ccccc1)C(=O)O. The number of hydrogen-bond donors (Lipinski definition) is 2. The van der Waals surface area contributed by atoms with Gasteiger partial charge < -0.3 is 10.4 Å². The summed E-state index contributed by atoms with van der Waals surface area (Å²) in [4.78, 5) is 22.5. The number of carbonyl (C=O) groups excluding carboxylic acids is 1. The summed E-state index contributed by atoms with van der Waals surface area (Å²) in [6.07, 6.45) is 0. The van der Waals surface area contributed by atoms with Gasteiger partial charge >= 0.3 is 5.97 Å². The van der Waals surface area contributed by atoms with Crippen molar-refractivity contribution in [2.75, 3.05) is 11.1 Å². The maximum atomic E-state index is 11.3. The lowest BCUT2D eigenvalue weighted by Crippen LogP contribution is -2.58. The van der Waals surface area contributed by atoms with E-state index in [2.05, 4.69) is 36.1 Å². The fourth-order valence-electron chi connectivity index (χ4n) is 2.75. The number of carbonyl (C=O) groups is 2. The molecule has 132 valence electrons. The summed E-state index contributed by atoms with van der Waals surface area (Å²) in [6, 6.07) is 20.0. The second-order valence-corrected chi connectivity index (χ2v) is 11.9. The average molecular weight is 374 g/mol. The number of thioether (sulfide) groups is 1. The molecule has 0 aliphatic heterocycles.